The first-order valence-corrected chi connectivity index (χ1v) is 12.6. The standard InChI is InChI=1S/C29H34N6O2/c1-17(2)37-29-18(3)12-21(15-33-29)25-13-26(35-16-34-25)32-14-19(4)20(5)22-8-7-9-23-24(28(36)30-6)10-11-31-27(22)23/h7-13,15-17,19-20H,14H2,1-6H3,(H,30,36)(H,32,34,35)/t19-,20?/m1/s1. The highest BCUT2D eigenvalue weighted by atomic mass is 16.5. The van der Waals surface area contributed by atoms with Crippen molar-refractivity contribution in [2.24, 2.45) is 5.92 Å². The lowest BCUT2D eigenvalue weighted by Gasteiger charge is -2.22. The molecule has 1 amide bonds. The van der Waals surface area contributed by atoms with Gasteiger partial charge >= 0.3 is 0 Å². The number of anilines is 1. The molecule has 0 aliphatic heterocycles. The molecule has 0 radical (unpaired) electrons. The lowest BCUT2D eigenvalue weighted by atomic mass is 9.87. The number of carbonyl (C=O) groups is 1. The second-order valence-corrected chi connectivity index (χ2v) is 9.63. The van der Waals surface area contributed by atoms with Crippen LogP contribution in [0.2, 0.25) is 0 Å². The zero-order valence-electron chi connectivity index (χ0n) is 22.2. The first kappa shape index (κ1) is 26.0. The van der Waals surface area contributed by atoms with E-state index in [4.69, 9.17) is 4.74 Å². The number of hydrogen-bond donors (Lipinski definition) is 2. The van der Waals surface area contributed by atoms with Crippen molar-refractivity contribution < 1.29 is 9.53 Å². The Morgan fingerprint density at radius 1 is 1.03 bits per heavy atom. The molecule has 3 aromatic heterocycles. The maximum Gasteiger partial charge on any atom is 0.251 e. The van der Waals surface area contributed by atoms with E-state index in [0.717, 1.165) is 39.1 Å². The molecule has 4 aromatic rings. The van der Waals surface area contributed by atoms with Crippen molar-refractivity contribution >= 4 is 22.6 Å². The summed E-state index contributed by atoms with van der Waals surface area (Å²) >= 11 is 0. The number of rotatable bonds is 9. The number of benzene rings is 1. The van der Waals surface area contributed by atoms with Gasteiger partial charge in [-0.05, 0) is 50.3 Å². The number of fused-ring (bicyclic) bond motifs is 1. The lowest BCUT2D eigenvalue weighted by Crippen LogP contribution is -2.19. The molecule has 0 bridgehead atoms. The largest absolute Gasteiger partial charge is 0.475 e. The Labute approximate surface area is 217 Å². The van der Waals surface area contributed by atoms with E-state index in [-0.39, 0.29) is 23.8 Å². The Hall–Kier alpha value is -4.07. The number of nitrogens with one attached hydrogen (secondary N) is 2. The molecule has 3 heterocycles. The molecule has 0 saturated carbocycles. The van der Waals surface area contributed by atoms with Crippen molar-refractivity contribution in [3.63, 3.8) is 0 Å². The highest BCUT2D eigenvalue weighted by Crippen LogP contribution is 2.31. The third kappa shape index (κ3) is 5.85. The lowest BCUT2D eigenvalue weighted by molar-refractivity contribution is 0.0964. The van der Waals surface area contributed by atoms with Gasteiger partial charge in [-0.15, -0.1) is 0 Å². The summed E-state index contributed by atoms with van der Waals surface area (Å²) in [6, 6.07) is 11.8. The molecule has 0 saturated heterocycles. The molecular formula is C29H34N6O2. The topological polar surface area (TPSA) is 102 Å². The summed E-state index contributed by atoms with van der Waals surface area (Å²) < 4.78 is 5.75. The van der Waals surface area contributed by atoms with Gasteiger partial charge in [0.25, 0.3) is 5.91 Å². The van der Waals surface area contributed by atoms with Gasteiger partial charge < -0.3 is 15.4 Å². The molecule has 0 fully saturated rings. The number of aryl methyl sites for hydroxylation is 1. The Kier molecular flexibility index (Phi) is 7.96. The van der Waals surface area contributed by atoms with Crippen LogP contribution in [0.15, 0.2) is 55.1 Å². The van der Waals surface area contributed by atoms with Gasteiger partial charge in [-0.3, -0.25) is 9.78 Å². The highest BCUT2D eigenvalue weighted by molar-refractivity contribution is 6.06. The SMILES string of the molecule is CNC(=O)c1ccnc2c(C(C)[C@H](C)CNc3cc(-c4cnc(OC(C)C)c(C)c4)ncn3)cccc12. The summed E-state index contributed by atoms with van der Waals surface area (Å²) in [5, 5.41) is 7.04. The fraction of sp³-hybridized carbons (Fsp3) is 0.345. The van der Waals surface area contributed by atoms with Crippen LogP contribution in [-0.2, 0) is 0 Å². The number of carbonyl (C=O) groups excluding carboxylic acids is 1. The molecule has 192 valence electrons. The van der Waals surface area contributed by atoms with Crippen molar-refractivity contribution in [2.45, 2.75) is 46.6 Å². The van der Waals surface area contributed by atoms with Crippen LogP contribution in [0, 0.1) is 12.8 Å². The first-order chi connectivity index (χ1) is 17.8. The van der Waals surface area contributed by atoms with E-state index in [0.29, 0.717) is 18.0 Å². The molecule has 0 aliphatic rings. The van der Waals surface area contributed by atoms with Gasteiger partial charge in [0, 0.05) is 48.6 Å². The van der Waals surface area contributed by atoms with Crippen molar-refractivity contribution in [3.8, 4) is 17.1 Å². The fourth-order valence-electron chi connectivity index (χ4n) is 4.31. The second kappa shape index (κ2) is 11.3. The minimum Gasteiger partial charge on any atom is -0.475 e. The van der Waals surface area contributed by atoms with E-state index in [1.807, 2.05) is 45.0 Å². The Morgan fingerprint density at radius 2 is 1.84 bits per heavy atom. The zero-order valence-corrected chi connectivity index (χ0v) is 22.2. The van der Waals surface area contributed by atoms with Crippen LogP contribution in [0.5, 0.6) is 5.88 Å². The van der Waals surface area contributed by atoms with Gasteiger partial charge in [0.15, 0.2) is 0 Å². The van der Waals surface area contributed by atoms with E-state index in [2.05, 4.69) is 50.5 Å². The van der Waals surface area contributed by atoms with Crippen molar-refractivity contribution in [3.05, 3.63) is 71.8 Å². The van der Waals surface area contributed by atoms with E-state index in [9.17, 15) is 4.79 Å². The van der Waals surface area contributed by atoms with E-state index in [1.54, 1.807) is 31.8 Å². The van der Waals surface area contributed by atoms with Crippen LogP contribution in [0.3, 0.4) is 0 Å². The quantitative estimate of drug-likeness (QED) is 0.319. The fourth-order valence-corrected chi connectivity index (χ4v) is 4.31. The third-order valence-corrected chi connectivity index (χ3v) is 6.56. The smallest absolute Gasteiger partial charge is 0.251 e. The molecule has 4 rings (SSSR count). The Balaban J connectivity index is 1.49. The number of ether oxygens (including phenoxy) is 1. The maximum absolute atomic E-state index is 12.3. The summed E-state index contributed by atoms with van der Waals surface area (Å²) in [6.45, 7) is 11.0. The van der Waals surface area contributed by atoms with Crippen LogP contribution < -0.4 is 15.4 Å². The van der Waals surface area contributed by atoms with E-state index < -0.39 is 0 Å². The van der Waals surface area contributed by atoms with Gasteiger partial charge in [0.1, 0.15) is 12.1 Å². The Morgan fingerprint density at radius 3 is 2.57 bits per heavy atom. The predicted molar refractivity (Wildman–Crippen MR) is 147 cm³/mol. The minimum absolute atomic E-state index is 0.0684. The van der Waals surface area contributed by atoms with Gasteiger partial charge in [-0.1, -0.05) is 32.0 Å². The van der Waals surface area contributed by atoms with Crippen LogP contribution in [0.4, 0.5) is 5.82 Å². The number of nitrogens with zero attached hydrogens (tertiary/aromatic N) is 4. The van der Waals surface area contributed by atoms with Crippen LogP contribution in [0.25, 0.3) is 22.2 Å². The summed E-state index contributed by atoms with van der Waals surface area (Å²) in [7, 11) is 1.64. The molecule has 2 atom stereocenters. The van der Waals surface area contributed by atoms with Crippen molar-refractivity contribution in [2.75, 3.05) is 18.9 Å². The van der Waals surface area contributed by atoms with Gasteiger partial charge in [-0.2, -0.15) is 0 Å². The molecular weight excluding hydrogens is 464 g/mol. The number of aromatic nitrogens is 4. The summed E-state index contributed by atoms with van der Waals surface area (Å²) in [5.41, 5.74) is 5.28. The summed E-state index contributed by atoms with van der Waals surface area (Å²) in [5.74, 6) is 1.75. The minimum atomic E-state index is -0.112. The van der Waals surface area contributed by atoms with E-state index >= 15 is 0 Å². The Bertz CT molecular complexity index is 1400. The average molecular weight is 499 g/mol. The van der Waals surface area contributed by atoms with E-state index in [1.165, 1.54) is 0 Å². The molecule has 1 unspecified atom stereocenters. The molecule has 37 heavy (non-hydrogen) atoms. The maximum atomic E-state index is 12.3. The second-order valence-electron chi connectivity index (χ2n) is 9.63. The predicted octanol–water partition coefficient (Wildman–Crippen LogP) is 5.39. The van der Waals surface area contributed by atoms with Crippen LogP contribution in [-0.4, -0.2) is 45.5 Å². The molecule has 8 nitrogen and oxygen atoms in total. The number of amides is 1. The van der Waals surface area contributed by atoms with Crippen LogP contribution in [0.1, 0.15) is 55.1 Å². The molecule has 0 spiro atoms. The molecule has 2 N–H and O–H groups in total. The van der Waals surface area contributed by atoms with Gasteiger partial charge in [0.05, 0.1) is 22.9 Å². The van der Waals surface area contributed by atoms with Gasteiger partial charge in [0.2, 0.25) is 5.88 Å². The first-order valence-electron chi connectivity index (χ1n) is 12.6. The third-order valence-electron chi connectivity index (χ3n) is 6.56. The molecule has 8 heteroatoms. The number of hydrogen-bond acceptors (Lipinski definition) is 7. The van der Waals surface area contributed by atoms with Crippen LogP contribution >= 0.6 is 0 Å². The normalized spacial score (nSPS) is 12.8. The zero-order chi connectivity index (χ0) is 26.5. The van der Waals surface area contributed by atoms with Crippen molar-refractivity contribution in [1.82, 2.24) is 25.3 Å². The van der Waals surface area contributed by atoms with Gasteiger partial charge in [-0.25, -0.2) is 15.0 Å². The van der Waals surface area contributed by atoms with Crippen molar-refractivity contribution in [1.29, 1.82) is 0 Å². The molecule has 0 aliphatic carbocycles. The monoisotopic (exact) mass is 498 g/mol. The highest BCUT2D eigenvalue weighted by Gasteiger charge is 2.20. The number of para-hydroxylation sites is 1. The number of pyridine rings is 2. The summed E-state index contributed by atoms with van der Waals surface area (Å²) in [4.78, 5) is 30.3. The average Bonchev–Trinajstić information content (AvgIpc) is 2.91. The summed E-state index contributed by atoms with van der Waals surface area (Å²) in [6.07, 6.45) is 5.11. The molecule has 1 aromatic carbocycles.